The first-order valence-electron chi connectivity index (χ1n) is 6.21. The SMILES string of the molecule is COc1cccc(CC(C(=O)O)c2ccc(Br)cc2)c1. The molecule has 0 aliphatic heterocycles. The zero-order chi connectivity index (χ0) is 14.5. The molecule has 1 N–H and O–H groups in total. The van der Waals surface area contributed by atoms with Crippen molar-refractivity contribution in [1.29, 1.82) is 0 Å². The molecule has 2 rings (SSSR count). The highest BCUT2D eigenvalue weighted by Crippen LogP contribution is 2.24. The van der Waals surface area contributed by atoms with E-state index in [1.165, 1.54) is 0 Å². The first-order chi connectivity index (χ1) is 9.60. The minimum atomic E-state index is -0.824. The van der Waals surface area contributed by atoms with Crippen molar-refractivity contribution in [2.45, 2.75) is 12.3 Å². The number of ether oxygens (including phenoxy) is 1. The third kappa shape index (κ3) is 3.61. The van der Waals surface area contributed by atoms with Crippen LogP contribution in [-0.4, -0.2) is 18.2 Å². The van der Waals surface area contributed by atoms with E-state index in [2.05, 4.69) is 15.9 Å². The molecule has 0 radical (unpaired) electrons. The van der Waals surface area contributed by atoms with Gasteiger partial charge in [0.2, 0.25) is 0 Å². The van der Waals surface area contributed by atoms with Gasteiger partial charge in [-0.2, -0.15) is 0 Å². The van der Waals surface area contributed by atoms with E-state index in [9.17, 15) is 9.90 Å². The van der Waals surface area contributed by atoms with Crippen LogP contribution in [0.5, 0.6) is 5.75 Å². The fourth-order valence-electron chi connectivity index (χ4n) is 2.08. The fourth-order valence-corrected chi connectivity index (χ4v) is 2.34. The van der Waals surface area contributed by atoms with Gasteiger partial charge in [0.1, 0.15) is 5.75 Å². The van der Waals surface area contributed by atoms with Crippen LogP contribution >= 0.6 is 15.9 Å². The highest BCUT2D eigenvalue weighted by Gasteiger charge is 2.20. The van der Waals surface area contributed by atoms with E-state index in [4.69, 9.17) is 4.74 Å². The Kier molecular flexibility index (Phi) is 4.79. The molecule has 0 aliphatic carbocycles. The molecule has 0 saturated carbocycles. The quantitative estimate of drug-likeness (QED) is 0.902. The Bertz CT molecular complexity index is 593. The van der Waals surface area contributed by atoms with E-state index in [-0.39, 0.29) is 0 Å². The highest BCUT2D eigenvalue weighted by molar-refractivity contribution is 9.10. The number of rotatable bonds is 5. The zero-order valence-electron chi connectivity index (χ0n) is 11.0. The van der Waals surface area contributed by atoms with Gasteiger partial charge in [0, 0.05) is 4.47 Å². The molecule has 1 atom stereocenters. The molecule has 0 heterocycles. The molecule has 4 heteroatoms. The van der Waals surface area contributed by atoms with Crippen LogP contribution < -0.4 is 4.74 Å². The first kappa shape index (κ1) is 14.6. The molecule has 3 nitrogen and oxygen atoms in total. The van der Waals surface area contributed by atoms with Crippen LogP contribution in [0.2, 0.25) is 0 Å². The monoisotopic (exact) mass is 334 g/mol. The lowest BCUT2D eigenvalue weighted by Gasteiger charge is -2.13. The molecular formula is C16H15BrO3. The second-order valence-corrected chi connectivity index (χ2v) is 5.41. The van der Waals surface area contributed by atoms with Crippen LogP contribution in [0.3, 0.4) is 0 Å². The van der Waals surface area contributed by atoms with Crippen LogP contribution in [0, 0.1) is 0 Å². The van der Waals surface area contributed by atoms with E-state index in [0.717, 1.165) is 21.3 Å². The van der Waals surface area contributed by atoms with Gasteiger partial charge in [-0.3, -0.25) is 4.79 Å². The Morgan fingerprint density at radius 1 is 1.25 bits per heavy atom. The van der Waals surface area contributed by atoms with Crippen molar-refractivity contribution in [2.75, 3.05) is 7.11 Å². The molecule has 104 valence electrons. The molecule has 0 aromatic heterocycles. The van der Waals surface area contributed by atoms with Crippen molar-refractivity contribution in [3.05, 3.63) is 64.1 Å². The molecular weight excluding hydrogens is 320 g/mol. The summed E-state index contributed by atoms with van der Waals surface area (Å²) in [7, 11) is 1.60. The number of hydrogen-bond acceptors (Lipinski definition) is 2. The van der Waals surface area contributed by atoms with Crippen LogP contribution in [0.4, 0.5) is 0 Å². The summed E-state index contributed by atoms with van der Waals surface area (Å²) in [6, 6.07) is 14.9. The zero-order valence-corrected chi connectivity index (χ0v) is 12.6. The molecule has 0 saturated heterocycles. The maximum atomic E-state index is 11.5. The Morgan fingerprint density at radius 3 is 2.55 bits per heavy atom. The van der Waals surface area contributed by atoms with Crippen LogP contribution in [0.1, 0.15) is 17.0 Å². The van der Waals surface area contributed by atoms with Gasteiger partial charge < -0.3 is 9.84 Å². The number of halogens is 1. The summed E-state index contributed by atoms with van der Waals surface area (Å²) in [6.45, 7) is 0. The third-order valence-electron chi connectivity index (χ3n) is 3.14. The van der Waals surface area contributed by atoms with Crippen molar-refractivity contribution >= 4 is 21.9 Å². The predicted octanol–water partition coefficient (Wildman–Crippen LogP) is 3.87. The summed E-state index contributed by atoms with van der Waals surface area (Å²) in [4.78, 5) is 11.5. The van der Waals surface area contributed by atoms with Crippen molar-refractivity contribution in [3.8, 4) is 5.75 Å². The minimum absolute atomic E-state index is 0.439. The number of benzene rings is 2. The van der Waals surface area contributed by atoms with Gasteiger partial charge in [-0.05, 0) is 41.8 Å². The van der Waals surface area contributed by atoms with Crippen molar-refractivity contribution in [1.82, 2.24) is 0 Å². The summed E-state index contributed by atoms with van der Waals surface area (Å²) in [5.74, 6) is -0.646. The average molecular weight is 335 g/mol. The predicted molar refractivity (Wildman–Crippen MR) is 81.2 cm³/mol. The standard InChI is InChI=1S/C16H15BrO3/c1-20-14-4-2-3-11(9-14)10-15(16(18)19)12-5-7-13(17)8-6-12/h2-9,15H,10H2,1H3,(H,18,19). The number of carbonyl (C=O) groups is 1. The largest absolute Gasteiger partial charge is 0.497 e. The number of methoxy groups -OCH3 is 1. The summed E-state index contributed by atoms with van der Waals surface area (Å²) in [5, 5.41) is 9.44. The highest BCUT2D eigenvalue weighted by atomic mass is 79.9. The van der Waals surface area contributed by atoms with Crippen molar-refractivity contribution in [3.63, 3.8) is 0 Å². The molecule has 0 spiro atoms. The van der Waals surface area contributed by atoms with Gasteiger partial charge >= 0.3 is 5.97 Å². The Morgan fingerprint density at radius 2 is 1.95 bits per heavy atom. The molecule has 0 amide bonds. The molecule has 0 bridgehead atoms. The lowest BCUT2D eigenvalue weighted by Crippen LogP contribution is -2.14. The van der Waals surface area contributed by atoms with E-state index in [1.54, 1.807) is 7.11 Å². The summed E-state index contributed by atoms with van der Waals surface area (Å²) in [6.07, 6.45) is 0.439. The molecule has 0 aliphatic rings. The minimum Gasteiger partial charge on any atom is -0.497 e. The second-order valence-electron chi connectivity index (χ2n) is 4.50. The molecule has 20 heavy (non-hydrogen) atoms. The average Bonchev–Trinajstić information content (AvgIpc) is 2.46. The third-order valence-corrected chi connectivity index (χ3v) is 3.67. The van der Waals surface area contributed by atoms with Gasteiger partial charge in [-0.15, -0.1) is 0 Å². The van der Waals surface area contributed by atoms with E-state index in [1.807, 2.05) is 48.5 Å². The van der Waals surface area contributed by atoms with E-state index >= 15 is 0 Å². The summed E-state index contributed by atoms with van der Waals surface area (Å²) in [5.41, 5.74) is 1.74. The number of hydrogen-bond donors (Lipinski definition) is 1. The molecule has 1 unspecified atom stereocenters. The molecule has 0 fully saturated rings. The topological polar surface area (TPSA) is 46.5 Å². The Hall–Kier alpha value is -1.81. The lowest BCUT2D eigenvalue weighted by molar-refractivity contribution is -0.138. The van der Waals surface area contributed by atoms with Crippen LogP contribution in [0.25, 0.3) is 0 Å². The Labute approximate surface area is 126 Å². The van der Waals surface area contributed by atoms with E-state index < -0.39 is 11.9 Å². The van der Waals surface area contributed by atoms with Gasteiger partial charge in [-0.1, -0.05) is 40.2 Å². The maximum absolute atomic E-state index is 11.5. The second kappa shape index (κ2) is 6.57. The molecule has 2 aromatic rings. The number of carboxylic acid groups (broad SMARTS) is 1. The van der Waals surface area contributed by atoms with Gasteiger partial charge in [-0.25, -0.2) is 0 Å². The van der Waals surface area contributed by atoms with Gasteiger partial charge in [0.05, 0.1) is 13.0 Å². The number of carboxylic acids is 1. The van der Waals surface area contributed by atoms with E-state index in [0.29, 0.717) is 6.42 Å². The fraction of sp³-hybridized carbons (Fsp3) is 0.188. The first-order valence-corrected chi connectivity index (χ1v) is 7.00. The lowest BCUT2D eigenvalue weighted by atomic mass is 9.92. The molecule has 2 aromatic carbocycles. The van der Waals surface area contributed by atoms with Crippen molar-refractivity contribution in [2.24, 2.45) is 0 Å². The summed E-state index contributed by atoms with van der Waals surface area (Å²) < 4.78 is 6.10. The van der Waals surface area contributed by atoms with Crippen LogP contribution in [0.15, 0.2) is 53.0 Å². The van der Waals surface area contributed by atoms with Crippen LogP contribution in [-0.2, 0) is 11.2 Å². The normalized spacial score (nSPS) is 11.9. The van der Waals surface area contributed by atoms with Crippen molar-refractivity contribution < 1.29 is 14.6 Å². The smallest absolute Gasteiger partial charge is 0.311 e. The number of aliphatic carboxylic acids is 1. The van der Waals surface area contributed by atoms with Gasteiger partial charge in [0.15, 0.2) is 0 Å². The van der Waals surface area contributed by atoms with Gasteiger partial charge in [0.25, 0.3) is 0 Å². The summed E-state index contributed by atoms with van der Waals surface area (Å²) >= 11 is 3.35. The Balaban J connectivity index is 2.25. The maximum Gasteiger partial charge on any atom is 0.311 e.